The molecular weight excluding hydrogens is 218 g/mol. The van der Waals surface area contributed by atoms with Gasteiger partial charge in [0.1, 0.15) is 0 Å². The standard InChI is InChI=1S/C17H27N/c1-3-14-8-10-15(11-9-14)13-17(18)12-6-5-7-16(17)4-2/h8-11,16H,3-7,12-13,18H2,1-2H3. The fourth-order valence-electron chi connectivity index (χ4n) is 3.45. The lowest BCUT2D eigenvalue weighted by Crippen LogP contribution is -2.50. The Hall–Kier alpha value is -0.820. The van der Waals surface area contributed by atoms with Crippen molar-refractivity contribution in [3.05, 3.63) is 35.4 Å². The topological polar surface area (TPSA) is 26.0 Å². The van der Waals surface area contributed by atoms with Crippen molar-refractivity contribution in [3.8, 4) is 0 Å². The summed E-state index contributed by atoms with van der Waals surface area (Å²) in [5.74, 6) is 0.706. The molecule has 1 aromatic rings. The number of hydrogen-bond donors (Lipinski definition) is 1. The van der Waals surface area contributed by atoms with Crippen molar-refractivity contribution in [1.82, 2.24) is 0 Å². The maximum atomic E-state index is 6.72. The third-order valence-electron chi connectivity index (χ3n) is 4.72. The van der Waals surface area contributed by atoms with E-state index in [9.17, 15) is 0 Å². The van der Waals surface area contributed by atoms with Gasteiger partial charge in [-0.05, 0) is 42.7 Å². The van der Waals surface area contributed by atoms with E-state index in [1.165, 1.54) is 43.2 Å². The molecule has 2 rings (SSSR count). The number of nitrogens with two attached hydrogens (primary N) is 1. The predicted octanol–water partition coefficient (Wildman–Crippen LogP) is 4.09. The van der Waals surface area contributed by atoms with Crippen molar-refractivity contribution in [2.24, 2.45) is 11.7 Å². The summed E-state index contributed by atoms with van der Waals surface area (Å²) < 4.78 is 0. The molecule has 1 saturated carbocycles. The average molecular weight is 245 g/mol. The number of hydrogen-bond acceptors (Lipinski definition) is 1. The number of rotatable bonds is 4. The molecule has 2 N–H and O–H groups in total. The molecule has 0 amide bonds. The van der Waals surface area contributed by atoms with Gasteiger partial charge in [0, 0.05) is 5.54 Å². The molecule has 0 heterocycles. The van der Waals surface area contributed by atoms with E-state index in [2.05, 4.69) is 38.1 Å². The summed E-state index contributed by atoms with van der Waals surface area (Å²) >= 11 is 0. The van der Waals surface area contributed by atoms with Gasteiger partial charge in [-0.2, -0.15) is 0 Å². The molecule has 1 fully saturated rings. The van der Waals surface area contributed by atoms with Gasteiger partial charge in [-0.15, -0.1) is 0 Å². The molecule has 100 valence electrons. The van der Waals surface area contributed by atoms with E-state index >= 15 is 0 Å². The average Bonchev–Trinajstić information content (AvgIpc) is 2.40. The second kappa shape index (κ2) is 5.88. The fraction of sp³-hybridized carbons (Fsp3) is 0.647. The van der Waals surface area contributed by atoms with Gasteiger partial charge in [-0.25, -0.2) is 0 Å². The Bertz CT molecular complexity index is 368. The minimum atomic E-state index is 0.0424. The minimum Gasteiger partial charge on any atom is -0.325 e. The van der Waals surface area contributed by atoms with Crippen LogP contribution < -0.4 is 5.73 Å². The second-order valence-electron chi connectivity index (χ2n) is 5.93. The molecule has 0 aromatic heterocycles. The summed E-state index contributed by atoms with van der Waals surface area (Å²) in [5, 5.41) is 0. The highest BCUT2D eigenvalue weighted by Crippen LogP contribution is 2.36. The zero-order chi connectivity index (χ0) is 13.0. The molecule has 0 radical (unpaired) electrons. The molecule has 1 heteroatoms. The summed E-state index contributed by atoms with van der Waals surface area (Å²) in [6, 6.07) is 9.05. The van der Waals surface area contributed by atoms with E-state index in [1.807, 2.05) is 0 Å². The summed E-state index contributed by atoms with van der Waals surface area (Å²) in [5.41, 5.74) is 9.59. The van der Waals surface area contributed by atoms with Crippen LogP contribution in [0.25, 0.3) is 0 Å². The Morgan fingerprint density at radius 2 is 1.78 bits per heavy atom. The highest BCUT2D eigenvalue weighted by Gasteiger charge is 2.35. The lowest BCUT2D eigenvalue weighted by molar-refractivity contribution is 0.182. The lowest BCUT2D eigenvalue weighted by Gasteiger charge is -2.41. The van der Waals surface area contributed by atoms with Gasteiger partial charge in [0.15, 0.2) is 0 Å². The first-order chi connectivity index (χ1) is 8.68. The van der Waals surface area contributed by atoms with Crippen molar-refractivity contribution in [1.29, 1.82) is 0 Å². The van der Waals surface area contributed by atoms with Crippen LogP contribution in [0.15, 0.2) is 24.3 Å². The van der Waals surface area contributed by atoms with Gasteiger partial charge in [-0.1, -0.05) is 57.4 Å². The first-order valence-corrected chi connectivity index (χ1v) is 7.54. The molecule has 2 unspecified atom stereocenters. The van der Waals surface area contributed by atoms with Crippen LogP contribution in [0.1, 0.15) is 57.1 Å². The van der Waals surface area contributed by atoms with Gasteiger partial charge in [-0.3, -0.25) is 0 Å². The van der Waals surface area contributed by atoms with Crippen LogP contribution in [0.4, 0.5) is 0 Å². The van der Waals surface area contributed by atoms with E-state index in [4.69, 9.17) is 5.73 Å². The Balaban J connectivity index is 2.09. The number of benzene rings is 1. The Morgan fingerprint density at radius 1 is 1.11 bits per heavy atom. The highest BCUT2D eigenvalue weighted by atomic mass is 14.8. The van der Waals surface area contributed by atoms with Crippen molar-refractivity contribution in [3.63, 3.8) is 0 Å². The van der Waals surface area contributed by atoms with E-state index in [-0.39, 0.29) is 5.54 Å². The van der Waals surface area contributed by atoms with Gasteiger partial charge in [0.2, 0.25) is 0 Å². The van der Waals surface area contributed by atoms with Gasteiger partial charge >= 0.3 is 0 Å². The van der Waals surface area contributed by atoms with Crippen LogP contribution in [0.3, 0.4) is 0 Å². The molecule has 2 atom stereocenters. The number of aryl methyl sites for hydroxylation is 1. The molecule has 0 aliphatic heterocycles. The molecule has 0 saturated heterocycles. The Morgan fingerprint density at radius 3 is 2.39 bits per heavy atom. The molecule has 0 spiro atoms. The first-order valence-electron chi connectivity index (χ1n) is 7.54. The van der Waals surface area contributed by atoms with Crippen LogP contribution in [-0.4, -0.2) is 5.54 Å². The third kappa shape index (κ3) is 2.95. The SMILES string of the molecule is CCc1ccc(CC2(N)CCCCC2CC)cc1. The largest absolute Gasteiger partial charge is 0.325 e. The fourth-order valence-corrected chi connectivity index (χ4v) is 3.45. The van der Waals surface area contributed by atoms with Crippen LogP contribution in [0.2, 0.25) is 0 Å². The lowest BCUT2D eigenvalue weighted by atomic mass is 9.69. The van der Waals surface area contributed by atoms with Gasteiger partial charge < -0.3 is 5.73 Å². The molecular formula is C17H27N. The van der Waals surface area contributed by atoms with E-state index in [0.29, 0.717) is 5.92 Å². The van der Waals surface area contributed by atoms with Crippen molar-refractivity contribution >= 4 is 0 Å². The molecule has 0 bridgehead atoms. The zero-order valence-corrected chi connectivity index (χ0v) is 11.9. The van der Waals surface area contributed by atoms with E-state index in [0.717, 1.165) is 12.8 Å². The molecule has 1 aromatic carbocycles. The summed E-state index contributed by atoms with van der Waals surface area (Å²) in [7, 11) is 0. The highest BCUT2D eigenvalue weighted by molar-refractivity contribution is 5.24. The summed E-state index contributed by atoms with van der Waals surface area (Å²) in [4.78, 5) is 0. The third-order valence-corrected chi connectivity index (χ3v) is 4.72. The maximum Gasteiger partial charge on any atom is 0.0223 e. The van der Waals surface area contributed by atoms with Crippen LogP contribution in [0.5, 0.6) is 0 Å². The van der Waals surface area contributed by atoms with E-state index in [1.54, 1.807) is 0 Å². The summed E-state index contributed by atoms with van der Waals surface area (Å²) in [6.45, 7) is 4.49. The minimum absolute atomic E-state index is 0.0424. The van der Waals surface area contributed by atoms with Crippen molar-refractivity contribution in [2.45, 2.75) is 64.3 Å². The molecule has 1 aliphatic rings. The van der Waals surface area contributed by atoms with Crippen LogP contribution >= 0.6 is 0 Å². The van der Waals surface area contributed by atoms with Crippen LogP contribution in [0, 0.1) is 5.92 Å². The normalized spacial score (nSPS) is 28.3. The van der Waals surface area contributed by atoms with Gasteiger partial charge in [0.05, 0.1) is 0 Å². The molecule has 1 nitrogen and oxygen atoms in total. The molecule has 1 aliphatic carbocycles. The van der Waals surface area contributed by atoms with E-state index < -0.39 is 0 Å². The quantitative estimate of drug-likeness (QED) is 0.849. The van der Waals surface area contributed by atoms with Crippen LogP contribution in [-0.2, 0) is 12.8 Å². The van der Waals surface area contributed by atoms with Gasteiger partial charge in [0.25, 0.3) is 0 Å². The monoisotopic (exact) mass is 245 g/mol. The predicted molar refractivity (Wildman–Crippen MR) is 78.7 cm³/mol. The molecule has 18 heavy (non-hydrogen) atoms. The van der Waals surface area contributed by atoms with Crippen molar-refractivity contribution in [2.75, 3.05) is 0 Å². The maximum absolute atomic E-state index is 6.72. The smallest absolute Gasteiger partial charge is 0.0223 e. The Kier molecular flexibility index (Phi) is 4.45. The Labute approximate surface area is 112 Å². The second-order valence-corrected chi connectivity index (χ2v) is 5.93. The van der Waals surface area contributed by atoms with Crippen molar-refractivity contribution < 1.29 is 0 Å². The summed E-state index contributed by atoms with van der Waals surface area (Å²) in [6.07, 6.45) is 8.58. The zero-order valence-electron chi connectivity index (χ0n) is 11.9. The first kappa shape index (κ1) is 13.6.